The number of hydrogen-bond donors (Lipinski definition) is 1. The molecule has 1 aromatic heterocycles. The minimum absolute atomic E-state index is 0.0797. The van der Waals surface area contributed by atoms with Gasteiger partial charge < -0.3 is 19.0 Å². The van der Waals surface area contributed by atoms with Gasteiger partial charge in [0.1, 0.15) is 22.8 Å². The van der Waals surface area contributed by atoms with E-state index in [-0.39, 0.29) is 11.3 Å². The lowest BCUT2D eigenvalue weighted by Crippen LogP contribution is -2.04. The van der Waals surface area contributed by atoms with E-state index in [2.05, 4.69) is 4.74 Å². The number of ether oxygens (including phenoxy) is 2. The fraction of sp³-hybridized carbons (Fsp3) is 0.133. The van der Waals surface area contributed by atoms with Gasteiger partial charge in [-0.3, -0.25) is 0 Å². The van der Waals surface area contributed by atoms with Crippen molar-refractivity contribution in [2.45, 2.75) is 0 Å². The minimum atomic E-state index is -0.621. The highest BCUT2D eigenvalue weighted by Gasteiger charge is 2.17. The highest BCUT2D eigenvalue weighted by molar-refractivity contribution is 5.97. The van der Waals surface area contributed by atoms with Gasteiger partial charge in [-0.15, -0.1) is 0 Å². The van der Waals surface area contributed by atoms with Crippen LogP contribution in [0.15, 0.2) is 34.9 Å². The largest absolute Gasteiger partial charge is 0.507 e. The Labute approximate surface area is 116 Å². The molecule has 2 rings (SSSR count). The standard InChI is InChI=1S/C15H14O5/c1-18-12-8-10(5-6-11-4-3-7-20-11)14(13(16)9-12)15(17)19-2/h3-9,16H,1-2H3/b6-5+. The van der Waals surface area contributed by atoms with E-state index in [4.69, 9.17) is 9.15 Å². The number of phenols is 1. The molecule has 0 radical (unpaired) electrons. The summed E-state index contributed by atoms with van der Waals surface area (Å²) in [5, 5.41) is 9.92. The predicted octanol–water partition coefficient (Wildman–Crippen LogP) is 2.95. The van der Waals surface area contributed by atoms with Crippen molar-refractivity contribution in [3.63, 3.8) is 0 Å². The van der Waals surface area contributed by atoms with Gasteiger partial charge in [-0.25, -0.2) is 4.79 Å². The first-order valence-electron chi connectivity index (χ1n) is 5.86. The Morgan fingerprint density at radius 1 is 1.30 bits per heavy atom. The number of furan rings is 1. The second-order valence-corrected chi connectivity index (χ2v) is 3.95. The summed E-state index contributed by atoms with van der Waals surface area (Å²) in [6.45, 7) is 0. The van der Waals surface area contributed by atoms with E-state index in [1.165, 1.54) is 20.3 Å². The van der Waals surface area contributed by atoms with Gasteiger partial charge >= 0.3 is 5.97 Å². The molecule has 0 amide bonds. The Kier molecular flexibility index (Phi) is 4.10. The van der Waals surface area contributed by atoms with Gasteiger partial charge in [0.25, 0.3) is 0 Å². The molecule has 1 aromatic carbocycles. The number of benzene rings is 1. The summed E-state index contributed by atoms with van der Waals surface area (Å²) >= 11 is 0. The third-order valence-corrected chi connectivity index (χ3v) is 2.72. The topological polar surface area (TPSA) is 68.9 Å². The van der Waals surface area contributed by atoms with Crippen molar-refractivity contribution < 1.29 is 23.8 Å². The van der Waals surface area contributed by atoms with Crippen molar-refractivity contribution >= 4 is 18.1 Å². The Morgan fingerprint density at radius 2 is 2.10 bits per heavy atom. The third kappa shape index (κ3) is 2.83. The fourth-order valence-electron chi connectivity index (χ4n) is 1.75. The number of esters is 1. The molecule has 0 atom stereocenters. The number of carbonyl (C=O) groups is 1. The van der Waals surface area contributed by atoms with Gasteiger partial charge in [0.05, 0.1) is 20.5 Å². The van der Waals surface area contributed by atoms with E-state index in [0.717, 1.165) is 0 Å². The molecule has 0 saturated heterocycles. The number of aromatic hydroxyl groups is 1. The third-order valence-electron chi connectivity index (χ3n) is 2.72. The zero-order valence-electron chi connectivity index (χ0n) is 11.1. The molecule has 5 heteroatoms. The monoisotopic (exact) mass is 274 g/mol. The molecule has 0 aliphatic rings. The van der Waals surface area contributed by atoms with E-state index in [1.807, 2.05) is 0 Å². The first-order chi connectivity index (χ1) is 9.65. The number of hydrogen-bond acceptors (Lipinski definition) is 5. The smallest absolute Gasteiger partial charge is 0.342 e. The van der Waals surface area contributed by atoms with Crippen LogP contribution in [-0.2, 0) is 4.74 Å². The maximum Gasteiger partial charge on any atom is 0.342 e. The van der Waals surface area contributed by atoms with Crippen LogP contribution in [0.3, 0.4) is 0 Å². The summed E-state index contributed by atoms with van der Waals surface area (Å²) < 4.78 is 14.9. The van der Waals surface area contributed by atoms with Crippen LogP contribution in [0.25, 0.3) is 12.2 Å². The second kappa shape index (κ2) is 5.97. The maximum atomic E-state index is 11.7. The molecule has 1 N–H and O–H groups in total. The number of phenolic OH excluding ortho intramolecular Hbond substituents is 1. The van der Waals surface area contributed by atoms with Crippen molar-refractivity contribution in [3.05, 3.63) is 47.4 Å². The van der Waals surface area contributed by atoms with Crippen molar-refractivity contribution in [1.29, 1.82) is 0 Å². The fourth-order valence-corrected chi connectivity index (χ4v) is 1.75. The molecule has 0 unspecified atom stereocenters. The zero-order chi connectivity index (χ0) is 14.5. The highest BCUT2D eigenvalue weighted by Crippen LogP contribution is 2.29. The molecule has 5 nitrogen and oxygen atoms in total. The lowest BCUT2D eigenvalue weighted by atomic mass is 10.0. The molecule has 0 bridgehead atoms. The SMILES string of the molecule is COC(=O)c1c(O)cc(OC)cc1/C=C/c1ccco1. The molecule has 1 heterocycles. The number of methoxy groups -OCH3 is 2. The van der Waals surface area contributed by atoms with Crippen LogP contribution < -0.4 is 4.74 Å². The van der Waals surface area contributed by atoms with E-state index < -0.39 is 5.97 Å². The quantitative estimate of drug-likeness (QED) is 0.868. The van der Waals surface area contributed by atoms with Crippen molar-refractivity contribution in [2.75, 3.05) is 14.2 Å². The first-order valence-corrected chi connectivity index (χ1v) is 5.86. The first kappa shape index (κ1) is 13.7. The molecular weight excluding hydrogens is 260 g/mol. The van der Waals surface area contributed by atoms with Crippen molar-refractivity contribution in [3.8, 4) is 11.5 Å². The minimum Gasteiger partial charge on any atom is -0.507 e. The zero-order valence-corrected chi connectivity index (χ0v) is 11.1. The summed E-state index contributed by atoms with van der Waals surface area (Å²) in [5.74, 6) is 0.247. The van der Waals surface area contributed by atoms with Crippen molar-refractivity contribution in [1.82, 2.24) is 0 Å². The Hall–Kier alpha value is -2.69. The van der Waals surface area contributed by atoms with E-state index in [1.54, 1.807) is 36.6 Å². The molecule has 0 spiro atoms. The van der Waals surface area contributed by atoms with Crippen molar-refractivity contribution in [2.24, 2.45) is 0 Å². The van der Waals surface area contributed by atoms with Gasteiger partial charge in [0, 0.05) is 6.07 Å². The summed E-state index contributed by atoms with van der Waals surface area (Å²) in [7, 11) is 2.73. The van der Waals surface area contributed by atoms with Crippen LogP contribution >= 0.6 is 0 Å². The lowest BCUT2D eigenvalue weighted by Gasteiger charge is -2.09. The Balaban J connectivity index is 2.48. The molecular formula is C15H14O5. The number of carbonyl (C=O) groups excluding carboxylic acids is 1. The van der Waals surface area contributed by atoms with Gasteiger partial charge in [0.2, 0.25) is 0 Å². The maximum absolute atomic E-state index is 11.7. The molecule has 20 heavy (non-hydrogen) atoms. The number of rotatable bonds is 4. The Morgan fingerprint density at radius 3 is 2.70 bits per heavy atom. The van der Waals surface area contributed by atoms with E-state index in [0.29, 0.717) is 17.1 Å². The second-order valence-electron chi connectivity index (χ2n) is 3.95. The van der Waals surface area contributed by atoms with Crippen LogP contribution in [0.2, 0.25) is 0 Å². The summed E-state index contributed by atoms with van der Waals surface area (Å²) in [5.41, 5.74) is 0.557. The Bertz CT molecular complexity index is 626. The molecule has 104 valence electrons. The molecule has 2 aromatic rings. The highest BCUT2D eigenvalue weighted by atomic mass is 16.5. The van der Waals surface area contributed by atoms with Gasteiger partial charge in [0.15, 0.2) is 0 Å². The van der Waals surface area contributed by atoms with Crippen LogP contribution in [0, 0.1) is 0 Å². The van der Waals surface area contributed by atoms with Crippen LogP contribution in [0.1, 0.15) is 21.7 Å². The van der Waals surface area contributed by atoms with E-state index >= 15 is 0 Å². The van der Waals surface area contributed by atoms with Gasteiger partial charge in [-0.2, -0.15) is 0 Å². The normalized spacial score (nSPS) is 10.7. The van der Waals surface area contributed by atoms with Crippen LogP contribution in [0.5, 0.6) is 11.5 Å². The van der Waals surface area contributed by atoms with Crippen LogP contribution in [0.4, 0.5) is 0 Å². The van der Waals surface area contributed by atoms with E-state index in [9.17, 15) is 9.90 Å². The average Bonchev–Trinajstić information content (AvgIpc) is 2.97. The van der Waals surface area contributed by atoms with Crippen LogP contribution in [-0.4, -0.2) is 25.3 Å². The predicted molar refractivity (Wildman–Crippen MR) is 73.6 cm³/mol. The van der Waals surface area contributed by atoms with Gasteiger partial charge in [-0.1, -0.05) is 6.08 Å². The lowest BCUT2D eigenvalue weighted by molar-refractivity contribution is 0.0597. The summed E-state index contributed by atoms with van der Waals surface area (Å²) in [6.07, 6.45) is 4.87. The molecule has 0 saturated carbocycles. The molecule has 0 aliphatic carbocycles. The average molecular weight is 274 g/mol. The summed E-state index contributed by atoms with van der Waals surface area (Å²) in [4.78, 5) is 11.7. The van der Waals surface area contributed by atoms with Gasteiger partial charge in [-0.05, 0) is 29.8 Å². The summed E-state index contributed by atoms with van der Waals surface area (Å²) in [6, 6.07) is 6.51. The molecule has 0 fully saturated rings. The molecule has 0 aliphatic heterocycles.